The number of anilines is 2. The molecule has 120 valence electrons. The van der Waals surface area contributed by atoms with E-state index >= 15 is 0 Å². The van der Waals surface area contributed by atoms with Gasteiger partial charge in [-0.2, -0.15) is 15.0 Å². The number of hydrogen-bond donors (Lipinski definition) is 2. The zero-order valence-corrected chi connectivity index (χ0v) is 13.4. The van der Waals surface area contributed by atoms with Gasteiger partial charge in [-0.3, -0.25) is 0 Å². The number of rotatable bonds is 5. The first-order valence-electron chi connectivity index (χ1n) is 6.59. The summed E-state index contributed by atoms with van der Waals surface area (Å²) in [5.41, 5.74) is 5.70. The molecule has 0 aliphatic heterocycles. The summed E-state index contributed by atoms with van der Waals surface area (Å²) in [4.78, 5) is 14.2. The van der Waals surface area contributed by atoms with E-state index in [4.69, 9.17) is 16.0 Å². The Morgan fingerprint density at radius 2 is 2.09 bits per heavy atom. The van der Waals surface area contributed by atoms with Gasteiger partial charge in [-0.05, 0) is 12.1 Å². The topological polar surface area (TPSA) is 138 Å². The molecule has 0 amide bonds. The van der Waals surface area contributed by atoms with Crippen LogP contribution in [0.1, 0.15) is 5.82 Å². The molecule has 0 atom stereocenters. The van der Waals surface area contributed by atoms with Crippen LogP contribution < -0.4 is 16.5 Å². The minimum atomic E-state index is 0.171. The van der Waals surface area contributed by atoms with Crippen LogP contribution in [-0.2, 0) is 5.75 Å². The van der Waals surface area contributed by atoms with Crippen molar-refractivity contribution in [3.8, 4) is 11.6 Å². The van der Waals surface area contributed by atoms with Gasteiger partial charge in [0.2, 0.25) is 22.9 Å². The van der Waals surface area contributed by atoms with Crippen LogP contribution in [0.15, 0.2) is 28.0 Å². The molecule has 3 heterocycles. The van der Waals surface area contributed by atoms with E-state index in [1.54, 1.807) is 23.3 Å². The minimum absolute atomic E-state index is 0.171. The molecule has 0 saturated carbocycles. The maximum Gasteiger partial charge on any atom is 0.229 e. The maximum absolute atomic E-state index is 5.99. The second-order valence-corrected chi connectivity index (χ2v) is 5.69. The van der Waals surface area contributed by atoms with Gasteiger partial charge in [-0.1, -0.05) is 11.8 Å². The third-order valence-corrected chi connectivity index (χ3v) is 3.76. The van der Waals surface area contributed by atoms with Crippen molar-refractivity contribution in [3.05, 3.63) is 24.2 Å². The fraction of sp³-hybridized carbons (Fsp3) is 0.250. The first-order chi connectivity index (χ1) is 11.0. The summed E-state index contributed by atoms with van der Waals surface area (Å²) in [5.74, 6) is 8.62. The molecular formula is C12H15N9OS. The van der Waals surface area contributed by atoms with Crippen LogP contribution >= 0.6 is 11.8 Å². The van der Waals surface area contributed by atoms with Gasteiger partial charge >= 0.3 is 0 Å². The van der Waals surface area contributed by atoms with E-state index in [0.717, 1.165) is 0 Å². The Labute approximate surface area is 135 Å². The Kier molecular flexibility index (Phi) is 4.02. The summed E-state index contributed by atoms with van der Waals surface area (Å²) in [6.07, 6.45) is 1.55. The molecule has 3 aromatic rings. The minimum Gasteiger partial charge on any atom is -0.461 e. The molecule has 11 heteroatoms. The third kappa shape index (κ3) is 3.18. The van der Waals surface area contributed by atoms with Gasteiger partial charge < -0.3 is 20.9 Å². The Balaban J connectivity index is 1.77. The van der Waals surface area contributed by atoms with Crippen molar-refractivity contribution in [3.63, 3.8) is 0 Å². The number of nitrogen functional groups attached to an aromatic ring is 2. The molecule has 0 aliphatic rings. The zero-order chi connectivity index (χ0) is 16.4. The Morgan fingerprint density at radius 1 is 1.26 bits per heavy atom. The average molecular weight is 333 g/mol. The van der Waals surface area contributed by atoms with Crippen molar-refractivity contribution in [2.24, 2.45) is 0 Å². The highest BCUT2D eigenvalue weighted by molar-refractivity contribution is 7.98. The number of aromatic nitrogens is 6. The summed E-state index contributed by atoms with van der Waals surface area (Å²) < 4.78 is 6.63. The lowest BCUT2D eigenvalue weighted by molar-refractivity contribution is 0.574. The highest BCUT2D eigenvalue weighted by Crippen LogP contribution is 2.24. The van der Waals surface area contributed by atoms with Crippen LogP contribution in [-0.4, -0.2) is 43.9 Å². The lowest BCUT2D eigenvalue weighted by Crippen LogP contribution is -2.16. The summed E-state index contributed by atoms with van der Waals surface area (Å²) in [7, 11) is 3.66. The van der Waals surface area contributed by atoms with Crippen LogP contribution in [0.5, 0.6) is 0 Å². The standard InChI is InChI=1S/C12H15N9OS/c1-20(2)11-16-8(15-10(13)17-11)6-23-12-19-18-9(21(12)14)7-4-3-5-22-7/h3-5H,6,14H2,1-2H3,(H2,13,15,16,17). The van der Waals surface area contributed by atoms with Gasteiger partial charge in [0.15, 0.2) is 5.76 Å². The van der Waals surface area contributed by atoms with Gasteiger partial charge in [0.05, 0.1) is 12.0 Å². The lowest BCUT2D eigenvalue weighted by atomic mass is 10.4. The fourth-order valence-electron chi connectivity index (χ4n) is 1.77. The van der Waals surface area contributed by atoms with Crippen molar-refractivity contribution in [1.82, 2.24) is 29.8 Å². The normalized spacial score (nSPS) is 10.9. The van der Waals surface area contributed by atoms with Crippen LogP contribution in [0.2, 0.25) is 0 Å². The predicted octanol–water partition coefficient (Wildman–Crippen LogP) is 0.377. The first kappa shape index (κ1) is 15.1. The van der Waals surface area contributed by atoms with Crippen LogP contribution in [0.3, 0.4) is 0 Å². The van der Waals surface area contributed by atoms with Gasteiger partial charge in [0, 0.05) is 14.1 Å². The highest BCUT2D eigenvalue weighted by Gasteiger charge is 2.15. The van der Waals surface area contributed by atoms with Crippen LogP contribution in [0.25, 0.3) is 11.6 Å². The summed E-state index contributed by atoms with van der Waals surface area (Å²) in [5, 5.41) is 8.58. The van der Waals surface area contributed by atoms with Gasteiger partial charge in [-0.25, -0.2) is 4.68 Å². The molecule has 0 aliphatic carbocycles. The van der Waals surface area contributed by atoms with E-state index in [2.05, 4.69) is 25.1 Å². The van der Waals surface area contributed by atoms with E-state index < -0.39 is 0 Å². The second-order valence-electron chi connectivity index (χ2n) is 4.75. The van der Waals surface area contributed by atoms with Crippen LogP contribution in [0, 0.1) is 0 Å². The molecule has 0 unspecified atom stereocenters. The van der Waals surface area contributed by atoms with E-state index in [1.165, 1.54) is 16.4 Å². The van der Waals surface area contributed by atoms with Crippen molar-refractivity contribution in [2.45, 2.75) is 10.9 Å². The summed E-state index contributed by atoms with van der Waals surface area (Å²) in [6.45, 7) is 0. The molecule has 23 heavy (non-hydrogen) atoms. The number of nitrogens with two attached hydrogens (primary N) is 2. The fourth-order valence-corrected chi connectivity index (χ4v) is 2.48. The quantitative estimate of drug-likeness (QED) is 0.497. The molecule has 3 aromatic heterocycles. The van der Waals surface area contributed by atoms with Gasteiger partial charge in [0.25, 0.3) is 0 Å². The second kappa shape index (κ2) is 6.12. The van der Waals surface area contributed by atoms with Crippen molar-refractivity contribution >= 4 is 23.7 Å². The Hall–Kier alpha value is -2.82. The van der Waals surface area contributed by atoms with Gasteiger partial charge in [-0.15, -0.1) is 10.2 Å². The number of nitrogens with zero attached hydrogens (tertiary/aromatic N) is 7. The van der Waals surface area contributed by atoms with E-state index in [0.29, 0.717) is 34.3 Å². The van der Waals surface area contributed by atoms with Crippen molar-refractivity contribution in [2.75, 3.05) is 30.6 Å². The third-order valence-electron chi connectivity index (χ3n) is 2.82. The molecular weight excluding hydrogens is 318 g/mol. The largest absolute Gasteiger partial charge is 0.461 e. The molecule has 3 rings (SSSR count). The zero-order valence-electron chi connectivity index (χ0n) is 12.5. The Morgan fingerprint density at radius 3 is 2.78 bits per heavy atom. The van der Waals surface area contributed by atoms with Crippen LogP contribution in [0.4, 0.5) is 11.9 Å². The average Bonchev–Trinajstić information content (AvgIpc) is 3.14. The monoisotopic (exact) mass is 333 g/mol. The first-order valence-corrected chi connectivity index (χ1v) is 7.58. The van der Waals surface area contributed by atoms with E-state index in [1.807, 2.05) is 14.1 Å². The predicted molar refractivity (Wildman–Crippen MR) is 86.0 cm³/mol. The molecule has 4 N–H and O–H groups in total. The van der Waals surface area contributed by atoms with E-state index in [-0.39, 0.29) is 5.95 Å². The molecule has 0 saturated heterocycles. The molecule has 10 nitrogen and oxygen atoms in total. The van der Waals surface area contributed by atoms with Crippen molar-refractivity contribution < 1.29 is 4.42 Å². The molecule has 0 aromatic carbocycles. The smallest absolute Gasteiger partial charge is 0.229 e. The molecule has 0 radical (unpaired) electrons. The number of furan rings is 1. The molecule has 0 bridgehead atoms. The van der Waals surface area contributed by atoms with Gasteiger partial charge in [0.1, 0.15) is 5.82 Å². The number of hydrogen-bond acceptors (Lipinski definition) is 10. The van der Waals surface area contributed by atoms with Crippen molar-refractivity contribution in [1.29, 1.82) is 0 Å². The summed E-state index contributed by atoms with van der Waals surface area (Å²) in [6, 6.07) is 3.52. The van der Waals surface area contributed by atoms with E-state index in [9.17, 15) is 0 Å². The maximum atomic E-state index is 5.99. The molecule has 0 spiro atoms. The highest BCUT2D eigenvalue weighted by atomic mass is 32.2. The Bertz CT molecular complexity index is 799. The number of thioether (sulfide) groups is 1. The molecule has 0 fully saturated rings. The lowest BCUT2D eigenvalue weighted by Gasteiger charge is -2.11. The SMILES string of the molecule is CN(C)c1nc(N)nc(CSc2nnc(-c3ccco3)n2N)n1. The summed E-state index contributed by atoms with van der Waals surface area (Å²) >= 11 is 1.34.